The van der Waals surface area contributed by atoms with Gasteiger partial charge in [0.25, 0.3) is 0 Å². The molecule has 1 fully saturated rings. The summed E-state index contributed by atoms with van der Waals surface area (Å²) >= 11 is 0. The van der Waals surface area contributed by atoms with Crippen molar-refractivity contribution in [2.75, 3.05) is 0 Å². The number of ether oxygens (including phenoxy) is 1. The SMILES string of the molecule is CCCCCCCCCCc1ccc(-c2ccc(OC(=O)C3CCC(C#N)(CCCCCCC)CC3)cc2)nc1. The van der Waals surface area contributed by atoms with Crippen LogP contribution in [0.15, 0.2) is 42.6 Å². The number of nitriles is 1. The summed E-state index contributed by atoms with van der Waals surface area (Å²) in [5.74, 6) is 0.301. The molecule has 0 bridgehead atoms. The first kappa shape index (κ1) is 31.9. The van der Waals surface area contributed by atoms with Crippen LogP contribution in [0.1, 0.15) is 135 Å². The largest absolute Gasteiger partial charge is 0.426 e. The van der Waals surface area contributed by atoms with E-state index >= 15 is 0 Å². The molecule has 218 valence electrons. The summed E-state index contributed by atoms with van der Waals surface area (Å²) in [5, 5.41) is 9.86. The molecule has 0 saturated heterocycles. The molecule has 0 amide bonds. The molecule has 4 nitrogen and oxygen atoms in total. The first-order valence-electron chi connectivity index (χ1n) is 16.3. The van der Waals surface area contributed by atoms with E-state index in [1.165, 1.54) is 82.6 Å². The minimum absolute atomic E-state index is 0.114. The summed E-state index contributed by atoms with van der Waals surface area (Å²) in [6.07, 6.45) is 23.9. The first-order valence-corrected chi connectivity index (χ1v) is 16.3. The number of unbranched alkanes of at least 4 members (excludes halogenated alkanes) is 11. The second-order valence-corrected chi connectivity index (χ2v) is 12.1. The van der Waals surface area contributed by atoms with Crippen molar-refractivity contribution in [1.82, 2.24) is 4.98 Å². The van der Waals surface area contributed by atoms with Gasteiger partial charge in [-0.25, -0.2) is 0 Å². The molecule has 1 heterocycles. The highest BCUT2D eigenvalue weighted by molar-refractivity contribution is 5.75. The lowest BCUT2D eigenvalue weighted by Gasteiger charge is -2.34. The van der Waals surface area contributed by atoms with Crippen molar-refractivity contribution in [3.05, 3.63) is 48.2 Å². The van der Waals surface area contributed by atoms with Crippen LogP contribution in [0.4, 0.5) is 0 Å². The van der Waals surface area contributed by atoms with E-state index in [1.54, 1.807) is 0 Å². The van der Waals surface area contributed by atoms with Gasteiger partial charge in [0.1, 0.15) is 5.75 Å². The number of carbonyl (C=O) groups excluding carboxylic acids is 1. The molecule has 0 N–H and O–H groups in total. The van der Waals surface area contributed by atoms with E-state index in [4.69, 9.17) is 4.74 Å². The van der Waals surface area contributed by atoms with Gasteiger partial charge in [-0.1, -0.05) is 97.0 Å². The van der Waals surface area contributed by atoms with Crippen LogP contribution < -0.4 is 4.74 Å². The molecule has 1 aromatic carbocycles. The van der Waals surface area contributed by atoms with Crippen LogP contribution in [0.3, 0.4) is 0 Å². The maximum atomic E-state index is 12.9. The van der Waals surface area contributed by atoms with Gasteiger partial charge in [0.05, 0.1) is 23.1 Å². The third kappa shape index (κ3) is 10.7. The van der Waals surface area contributed by atoms with Gasteiger partial charge in [-0.05, 0) is 80.8 Å². The molecule has 2 aromatic rings. The molecule has 0 atom stereocenters. The highest BCUT2D eigenvalue weighted by atomic mass is 16.5. The van der Waals surface area contributed by atoms with E-state index in [0.717, 1.165) is 56.2 Å². The van der Waals surface area contributed by atoms with Crippen LogP contribution in [-0.4, -0.2) is 11.0 Å². The Labute approximate surface area is 243 Å². The van der Waals surface area contributed by atoms with Gasteiger partial charge in [0.2, 0.25) is 0 Å². The Hall–Kier alpha value is -2.67. The lowest BCUT2D eigenvalue weighted by Crippen LogP contribution is -2.31. The highest BCUT2D eigenvalue weighted by Crippen LogP contribution is 2.43. The van der Waals surface area contributed by atoms with Gasteiger partial charge in [0.15, 0.2) is 0 Å². The summed E-state index contributed by atoms with van der Waals surface area (Å²) in [4.78, 5) is 17.5. The zero-order valence-corrected chi connectivity index (χ0v) is 25.3. The third-order valence-corrected chi connectivity index (χ3v) is 8.78. The Morgan fingerprint density at radius 3 is 2.02 bits per heavy atom. The topological polar surface area (TPSA) is 63.0 Å². The number of esters is 1. The molecule has 1 aliphatic carbocycles. The van der Waals surface area contributed by atoms with E-state index in [9.17, 15) is 10.1 Å². The van der Waals surface area contributed by atoms with Gasteiger partial charge in [-0.15, -0.1) is 0 Å². The number of benzene rings is 1. The summed E-state index contributed by atoms with van der Waals surface area (Å²) in [7, 11) is 0. The molecule has 40 heavy (non-hydrogen) atoms. The van der Waals surface area contributed by atoms with Crippen molar-refractivity contribution < 1.29 is 9.53 Å². The maximum Gasteiger partial charge on any atom is 0.314 e. The van der Waals surface area contributed by atoms with E-state index in [1.807, 2.05) is 30.5 Å². The van der Waals surface area contributed by atoms with Gasteiger partial charge in [-0.3, -0.25) is 9.78 Å². The number of pyridine rings is 1. The average molecular weight is 545 g/mol. The summed E-state index contributed by atoms with van der Waals surface area (Å²) in [6, 6.07) is 14.6. The summed E-state index contributed by atoms with van der Waals surface area (Å²) < 4.78 is 5.74. The molecule has 0 unspecified atom stereocenters. The Morgan fingerprint density at radius 1 is 0.850 bits per heavy atom. The summed E-state index contributed by atoms with van der Waals surface area (Å²) in [5.41, 5.74) is 3.01. The number of rotatable bonds is 18. The summed E-state index contributed by atoms with van der Waals surface area (Å²) in [6.45, 7) is 4.49. The fourth-order valence-electron chi connectivity index (χ4n) is 5.99. The zero-order chi connectivity index (χ0) is 28.5. The van der Waals surface area contributed by atoms with Crippen molar-refractivity contribution in [3.63, 3.8) is 0 Å². The minimum atomic E-state index is -0.249. The molecule has 3 rings (SSSR count). The Bertz CT molecular complexity index is 1010. The van der Waals surface area contributed by atoms with Crippen LogP contribution in [0, 0.1) is 22.7 Å². The lowest BCUT2D eigenvalue weighted by atomic mass is 9.69. The van der Waals surface area contributed by atoms with Gasteiger partial charge < -0.3 is 4.74 Å². The zero-order valence-electron chi connectivity index (χ0n) is 25.3. The van der Waals surface area contributed by atoms with Crippen LogP contribution in [0.2, 0.25) is 0 Å². The van der Waals surface area contributed by atoms with Gasteiger partial charge in [0, 0.05) is 11.8 Å². The fraction of sp³-hybridized carbons (Fsp3) is 0.639. The fourth-order valence-corrected chi connectivity index (χ4v) is 5.99. The van der Waals surface area contributed by atoms with Crippen molar-refractivity contribution in [3.8, 4) is 23.1 Å². The number of hydrogen-bond donors (Lipinski definition) is 0. The number of nitrogens with zero attached hydrogens (tertiary/aromatic N) is 2. The van der Waals surface area contributed by atoms with E-state index < -0.39 is 0 Å². The predicted octanol–water partition coefficient (Wildman–Crippen LogP) is 10.4. The molecule has 0 aliphatic heterocycles. The monoisotopic (exact) mass is 544 g/mol. The van der Waals surface area contributed by atoms with Crippen molar-refractivity contribution in [1.29, 1.82) is 5.26 Å². The maximum absolute atomic E-state index is 12.9. The number of carbonyl (C=O) groups is 1. The molecule has 0 radical (unpaired) electrons. The Kier molecular flexibility index (Phi) is 14.3. The Balaban J connectivity index is 1.39. The van der Waals surface area contributed by atoms with Crippen LogP contribution in [0.5, 0.6) is 5.75 Å². The van der Waals surface area contributed by atoms with Crippen LogP contribution >= 0.6 is 0 Å². The van der Waals surface area contributed by atoms with Gasteiger partial charge >= 0.3 is 5.97 Å². The predicted molar refractivity (Wildman–Crippen MR) is 165 cm³/mol. The van der Waals surface area contributed by atoms with E-state index in [-0.39, 0.29) is 17.3 Å². The van der Waals surface area contributed by atoms with Crippen molar-refractivity contribution >= 4 is 5.97 Å². The molecular weight excluding hydrogens is 492 g/mol. The smallest absolute Gasteiger partial charge is 0.314 e. The normalized spacial score (nSPS) is 18.8. The van der Waals surface area contributed by atoms with E-state index in [2.05, 4.69) is 37.0 Å². The van der Waals surface area contributed by atoms with E-state index in [0.29, 0.717) is 5.75 Å². The lowest BCUT2D eigenvalue weighted by molar-refractivity contribution is -0.140. The number of aromatic nitrogens is 1. The second kappa shape index (κ2) is 17.9. The molecular formula is C36H52N2O2. The molecule has 1 aromatic heterocycles. The molecule has 0 spiro atoms. The molecule has 4 heteroatoms. The number of aryl methyl sites for hydroxylation is 1. The molecule has 1 aliphatic rings. The van der Waals surface area contributed by atoms with Crippen molar-refractivity contribution in [2.45, 2.75) is 136 Å². The van der Waals surface area contributed by atoms with Crippen LogP contribution in [0.25, 0.3) is 11.3 Å². The second-order valence-electron chi connectivity index (χ2n) is 12.1. The molecule has 1 saturated carbocycles. The van der Waals surface area contributed by atoms with Gasteiger partial charge in [-0.2, -0.15) is 5.26 Å². The minimum Gasteiger partial charge on any atom is -0.426 e. The Morgan fingerprint density at radius 2 is 1.45 bits per heavy atom. The highest BCUT2D eigenvalue weighted by Gasteiger charge is 2.38. The van der Waals surface area contributed by atoms with Crippen LogP contribution in [-0.2, 0) is 11.2 Å². The van der Waals surface area contributed by atoms with Crippen molar-refractivity contribution in [2.24, 2.45) is 11.3 Å². The first-order chi connectivity index (χ1) is 19.6. The standard InChI is InChI=1S/C36H52N2O2/c1-3-5-7-9-10-11-12-14-16-30-17-22-34(38-28-30)31-18-20-33(21-19-31)40-35(39)32-23-26-36(29-37,27-24-32)25-15-13-8-6-4-2/h17-22,28,32H,3-16,23-27H2,1-2H3. The number of hydrogen-bond acceptors (Lipinski definition) is 4. The average Bonchev–Trinajstić information content (AvgIpc) is 2.99. The quantitative estimate of drug-likeness (QED) is 0.106. The third-order valence-electron chi connectivity index (χ3n) is 8.78.